The summed E-state index contributed by atoms with van der Waals surface area (Å²) in [6, 6.07) is 15.3. The molecule has 0 bridgehead atoms. The van der Waals surface area contributed by atoms with E-state index >= 15 is 0 Å². The maximum absolute atomic E-state index is 12.5. The zero-order chi connectivity index (χ0) is 24.0. The van der Waals surface area contributed by atoms with Gasteiger partial charge in [-0.25, -0.2) is 9.59 Å². The van der Waals surface area contributed by atoms with Gasteiger partial charge in [0, 0.05) is 24.8 Å². The first-order valence-electron chi connectivity index (χ1n) is 11.1. The number of hydrogen-bond donors (Lipinski definition) is 2. The third-order valence-corrected chi connectivity index (χ3v) is 5.33. The zero-order valence-electron chi connectivity index (χ0n) is 20.1. The van der Waals surface area contributed by atoms with Crippen LogP contribution in [0, 0.1) is 0 Å². The number of likely N-dealkylation sites (N-methyl/N-ethyl adjacent to an activating group) is 1. The predicted molar refractivity (Wildman–Crippen MR) is 131 cm³/mol. The Morgan fingerprint density at radius 2 is 1.79 bits per heavy atom. The molecule has 1 fully saturated rings. The van der Waals surface area contributed by atoms with Gasteiger partial charge < -0.3 is 19.3 Å². The number of carbonyl (C=O) groups is 2. The largest absolute Gasteiger partial charge is 0.444 e. The van der Waals surface area contributed by atoms with Gasteiger partial charge in [0.2, 0.25) is 0 Å². The molecule has 2 aromatic rings. The Bertz CT molecular complexity index is 957. The quantitative estimate of drug-likeness (QED) is 0.645. The van der Waals surface area contributed by atoms with Gasteiger partial charge >= 0.3 is 12.2 Å². The van der Waals surface area contributed by atoms with E-state index in [4.69, 9.17) is 9.47 Å². The van der Waals surface area contributed by atoms with Gasteiger partial charge in [-0.05, 0) is 65.0 Å². The lowest BCUT2D eigenvalue weighted by atomic mass is 10.2. The Morgan fingerprint density at radius 3 is 2.42 bits per heavy atom. The third-order valence-electron chi connectivity index (χ3n) is 5.33. The highest BCUT2D eigenvalue weighted by atomic mass is 16.6. The standard InChI is InChI=1S/C25H34N4O4/c1-25(2,3)33-24(31)27-21-15-19(26-23(30)32-17-18-9-7-6-8-10-18)11-12-22(21)29-14-13-20(16-29)28(4)5/h6-12,15,20H,13-14,16-17H2,1-5H3,(H,26,30)(H,27,31)/t20-/m0/s1. The Morgan fingerprint density at radius 1 is 1.06 bits per heavy atom. The molecule has 178 valence electrons. The lowest BCUT2D eigenvalue weighted by Gasteiger charge is -2.25. The van der Waals surface area contributed by atoms with Crippen LogP contribution in [-0.4, -0.2) is 55.9 Å². The summed E-state index contributed by atoms with van der Waals surface area (Å²) in [5.41, 5.74) is 2.26. The van der Waals surface area contributed by atoms with E-state index in [-0.39, 0.29) is 6.61 Å². The Balaban J connectivity index is 1.73. The van der Waals surface area contributed by atoms with Gasteiger partial charge in [0.15, 0.2) is 0 Å². The van der Waals surface area contributed by atoms with Crippen molar-refractivity contribution in [1.82, 2.24) is 4.90 Å². The summed E-state index contributed by atoms with van der Waals surface area (Å²) in [5, 5.41) is 5.59. The minimum absolute atomic E-state index is 0.174. The average molecular weight is 455 g/mol. The normalized spacial score (nSPS) is 15.9. The van der Waals surface area contributed by atoms with Crippen molar-refractivity contribution in [3.8, 4) is 0 Å². The monoisotopic (exact) mass is 454 g/mol. The lowest BCUT2D eigenvalue weighted by Crippen LogP contribution is -2.32. The van der Waals surface area contributed by atoms with Gasteiger partial charge in [-0.2, -0.15) is 0 Å². The van der Waals surface area contributed by atoms with Crippen LogP contribution >= 0.6 is 0 Å². The number of rotatable bonds is 6. The van der Waals surface area contributed by atoms with Crippen LogP contribution in [0.1, 0.15) is 32.8 Å². The number of carbonyl (C=O) groups excluding carboxylic acids is 2. The first-order chi connectivity index (χ1) is 15.6. The summed E-state index contributed by atoms with van der Waals surface area (Å²) in [7, 11) is 4.14. The molecule has 8 heteroatoms. The molecule has 1 atom stereocenters. The summed E-state index contributed by atoms with van der Waals surface area (Å²) < 4.78 is 10.7. The van der Waals surface area contributed by atoms with Crippen molar-refractivity contribution in [2.75, 3.05) is 42.7 Å². The second-order valence-electron chi connectivity index (χ2n) is 9.40. The fourth-order valence-electron chi connectivity index (χ4n) is 3.66. The van der Waals surface area contributed by atoms with Gasteiger partial charge in [0.05, 0.1) is 11.4 Å². The summed E-state index contributed by atoms with van der Waals surface area (Å²) in [5.74, 6) is 0. The molecular formula is C25H34N4O4. The van der Waals surface area contributed by atoms with Crippen LogP contribution in [0.15, 0.2) is 48.5 Å². The molecule has 0 saturated carbocycles. The molecule has 3 rings (SSSR count). The van der Waals surface area contributed by atoms with Crippen molar-refractivity contribution in [2.24, 2.45) is 0 Å². The van der Waals surface area contributed by atoms with Gasteiger partial charge in [-0.15, -0.1) is 0 Å². The van der Waals surface area contributed by atoms with Crippen molar-refractivity contribution in [3.05, 3.63) is 54.1 Å². The van der Waals surface area contributed by atoms with Gasteiger partial charge in [-0.3, -0.25) is 10.6 Å². The van der Waals surface area contributed by atoms with Crippen LogP contribution in [0.4, 0.5) is 26.7 Å². The molecule has 1 aliphatic heterocycles. The molecule has 0 spiro atoms. The summed E-state index contributed by atoms with van der Waals surface area (Å²) >= 11 is 0. The third kappa shape index (κ3) is 7.39. The summed E-state index contributed by atoms with van der Waals surface area (Å²) in [6.45, 7) is 7.34. The van der Waals surface area contributed by atoms with Crippen molar-refractivity contribution in [2.45, 2.75) is 45.4 Å². The molecule has 8 nitrogen and oxygen atoms in total. The van der Waals surface area contributed by atoms with Crippen molar-refractivity contribution in [3.63, 3.8) is 0 Å². The van der Waals surface area contributed by atoms with E-state index < -0.39 is 17.8 Å². The average Bonchev–Trinajstić information content (AvgIpc) is 3.22. The van der Waals surface area contributed by atoms with E-state index in [9.17, 15) is 9.59 Å². The topological polar surface area (TPSA) is 83.1 Å². The highest BCUT2D eigenvalue weighted by Crippen LogP contribution is 2.33. The van der Waals surface area contributed by atoms with Gasteiger partial charge in [-0.1, -0.05) is 30.3 Å². The molecule has 0 aliphatic carbocycles. The molecular weight excluding hydrogens is 420 g/mol. The molecule has 1 aliphatic rings. The van der Waals surface area contributed by atoms with E-state index in [0.29, 0.717) is 17.4 Å². The lowest BCUT2D eigenvalue weighted by molar-refractivity contribution is 0.0636. The van der Waals surface area contributed by atoms with E-state index in [1.807, 2.05) is 63.2 Å². The first-order valence-corrected chi connectivity index (χ1v) is 11.1. The van der Waals surface area contributed by atoms with Crippen LogP contribution in [0.25, 0.3) is 0 Å². The Kier molecular flexibility index (Phi) is 7.81. The molecule has 33 heavy (non-hydrogen) atoms. The number of nitrogens with one attached hydrogen (secondary N) is 2. The fourth-order valence-corrected chi connectivity index (χ4v) is 3.66. The van der Waals surface area contributed by atoms with Crippen LogP contribution in [0.2, 0.25) is 0 Å². The SMILES string of the molecule is CN(C)[C@H]1CCN(c2ccc(NC(=O)OCc3ccccc3)cc2NC(=O)OC(C)(C)C)C1. The molecule has 0 radical (unpaired) electrons. The molecule has 2 aromatic carbocycles. The van der Waals surface area contributed by atoms with Crippen molar-refractivity contribution in [1.29, 1.82) is 0 Å². The summed E-state index contributed by atoms with van der Waals surface area (Å²) in [4.78, 5) is 29.2. The Hall–Kier alpha value is -3.26. The van der Waals surface area contributed by atoms with E-state index in [2.05, 4.69) is 34.5 Å². The van der Waals surface area contributed by atoms with E-state index in [1.54, 1.807) is 6.07 Å². The van der Waals surface area contributed by atoms with Crippen LogP contribution < -0.4 is 15.5 Å². The number of ether oxygens (including phenoxy) is 2. The molecule has 1 heterocycles. The maximum atomic E-state index is 12.5. The second-order valence-corrected chi connectivity index (χ2v) is 9.40. The molecule has 0 unspecified atom stereocenters. The number of benzene rings is 2. The smallest absolute Gasteiger partial charge is 0.412 e. The van der Waals surface area contributed by atoms with E-state index in [0.717, 1.165) is 30.8 Å². The van der Waals surface area contributed by atoms with Crippen molar-refractivity contribution < 1.29 is 19.1 Å². The fraction of sp³-hybridized carbons (Fsp3) is 0.440. The molecule has 1 saturated heterocycles. The minimum Gasteiger partial charge on any atom is -0.444 e. The summed E-state index contributed by atoms with van der Waals surface area (Å²) in [6.07, 6.45) is -0.0791. The number of amides is 2. The Labute approximate surface area is 195 Å². The van der Waals surface area contributed by atoms with Gasteiger partial charge in [0.1, 0.15) is 12.2 Å². The molecule has 2 amide bonds. The first kappa shape index (κ1) is 24.4. The molecule has 0 aromatic heterocycles. The van der Waals surface area contributed by atoms with Crippen molar-refractivity contribution >= 4 is 29.2 Å². The second kappa shape index (κ2) is 10.6. The van der Waals surface area contributed by atoms with Crippen LogP contribution in [-0.2, 0) is 16.1 Å². The number of nitrogens with zero attached hydrogens (tertiary/aromatic N) is 2. The molecule has 2 N–H and O–H groups in total. The minimum atomic E-state index is -0.620. The van der Waals surface area contributed by atoms with E-state index in [1.165, 1.54) is 0 Å². The highest BCUT2D eigenvalue weighted by molar-refractivity contribution is 5.93. The number of hydrogen-bond acceptors (Lipinski definition) is 6. The highest BCUT2D eigenvalue weighted by Gasteiger charge is 2.27. The number of anilines is 3. The predicted octanol–water partition coefficient (Wildman–Crippen LogP) is 4.92. The van der Waals surface area contributed by atoms with Gasteiger partial charge in [0.25, 0.3) is 0 Å². The van der Waals surface area contributed by atoms with Crippen LogP contribution in [0.3, 0.4) is 0 Å². The zero-order valence-corrected chi connectivity index (χ0v) is 20.1. The maximum Gasteiger partial charge on any atom is 0.412 e. The van der Waals surface area contributed by atoms with Crippen LogP contribution in [0.5, 0.6) is 0 Å².